The van der Waals surface area contributed by atoms with Crippen LogP contribution in [0.15, 0.2) is 24.3 Å². The number of nitrogens with one attached hydrogen (secondary N) is 2. The molecular weight excluding hydrogens is 392 g/mol. The maximum absolute atomic E-state index is 14.8. The van der Waals surface area contributed by atoms with Crippen LogP contribution >= 0.6 is 0 Å². The SMILES string of the molecule is Cc1cc(C)c(Nc2c(F)c(F)c(F)c(F)c2Nc2c(C)cc(C)cc2C)c(C)c1. The standard InChI is InChI=1S/C24H24F4N2/c1-11-7-13(3)21(14(4)8-11)29-23-19(27)17(25)18(26)20(28)24(23)30-22-15(5)9-12(2)10-16(22)6/h7-10,29-30H,1-6H3. The minimum atomic E-state index is -1.86. The van der Waals surface area contributed by atoms with Gasteiger partial charge in [0.1, 0.15) is 11.4 Å². The first-order chi connectivity index (χ1) is 14.0. The minimum absolute atomic E-state index is 0.485. The van der Waals surface area contributed by atoms with Gasteiger partial charge in [0.15, 0.2) is 23.3 Å². The highest BCUT2D eigenvalue weighted by Crippen LogP contribution is 2.39. The minimum Gasteiger partial charge on any atom is -0.351 e. The van der Waals surface area contributed by atoms with Crippen LogP contribution in [-0.4, -0.2) is 0 Å². The Morgan fingerprint density at radius 2 is 0.700 bits per heavy atom. The zero-order chi connectivity index (χ0) is 22.3. The average Bonchev–Trinajstić information content (AvgIpc) is 2.64. The quantitative estimate of drug-likeness (QED) is 0.260. The lowest BCUT2D eigenvalue weighted by molar-refractivity contribution is 0.413. The fourth-order valence-electron chi connectivity index (χ4n) is 3.87. The van der Waals surface area contributed by atoms with Crippen LogP contribution in [-0.2, 0) is 0 Å². The van der Waals surface area contributed by atoms with Crippen molar-refractivity contribution in [2.24, 2.45) is 0 Å². The number of hydrogen-bond donors (Lipinski definition) is 2. The van der Waals surface area contributed by atoms with Crippen molar-refractivity contribution in [1.82, 2.24) is 0 Å². The van der Waals surface area contributed by atoms with Crippen molar-refractivity contribution in [3.05, 3.63) is 80.9 Å². The van der Waals surface area contributed by atoms with Crippen LogP contribution in [0.4, 0.5) is 40.3 Å². The largest absolute Gasteiger partial charge is 0.351 e. The van der Waals surface area contributed by atoms with Gasteiger partial charge in [-0.3, -0.25) is 0 Å². The van der Waals surface area contributed by atoms with Gasteiger partial charge in [-0.25, -0.2) is 17.6 Å². The van der Waals surface area contributed by atoms with E-state index in [4.69, 9.17) is 0 Å². The first kappa shape index (κ1) is 21.7. The highest BCUT2D eigenvalue weighted by Gasteiger charge is 2.27. The van der Waals surface area contributed by atoms with E-state index in [-0.39, 0.29) is 0 Å². The molecule has 0 heterocycles. The Bertz CT molecular complexity index is 1020. The van der Waals surface area contributed by atoms with Gasteiger partial charge in [-0.15, -0.1) is 0 Å². The molecule has 0 aliphatic rings. The fraction of sp³-hybridized carbons (Fsp3) is 0.250. The summed E-state index contributed by atoms with van der Waals surface area (Å²) in [5.74, 6) is -6.70. The molecule has 0 aliphatic carbocycles. The molecule has 0 aromatic heterocycles. The lowest BCUT2D eigenvalue weighted by Crippen LogP contribution is -2.10. The molecule has 0 unspecified atom stereocenters. The summed E-state index contributed by atoms with van der Waals surface area (Å²) in [7, 11) is 0. The molecule has 0 saturated carbocycles. The van der Waals surface area contributed by atoms with E-state index >= 15 is 0 Å². The molecule has 0 amide bonds. The molecule has 3 aromatic rings. The molecule has 0 aliphatic heterocycles. The van der Waals surface area contributed by atoms with Crippen LogP contribution in [0.1, 0.15) is 33.4 Å². The first-order valence-corrected chi connectivity index (χ1v) is 9.57. The second-order valence-corrected chi connectivity index (χ2v) is 7.80. The van der Waals surface area contributed by atoms with E-state index in [9.17, 15) is 17.6 Å². The predicted molar refractivity (Wildman–Crippen MR) is 114 cm³/mol. The van der Waals surface area contributed by atoms with Gasteiger partial charge in [-0.05, 0) is 63.8 Å². The Labute approximate surface area is 173 Å². The normalized spacial score (nSPS) is 11.0. The maximum Gasteiger partial charge on any atom is 0.199 e. The van der Waals surface area contributed by atoms with Crippen LogP contribution in [0.3, 0.4) is 0 Å². The lowest BCUT2D eigenvalue weighted by Gasteiger charge is -2.21. The molecule has 6 heteroatoms. The van der Waals surface area contributed by atoms with Crippen molar-refractivity contribution in [3.63, 3.8) is 0 Å². The van der Waals surface area contributed by atoms with E-state index in [1.165, 1.54) is 0 Å². The Hall–Kier alpha value is -3.02. The Morgan fingerprint density at radius 3 is 0.967 bits per heavy atom. The third-order valence-electron chi connectivity index (χ3n) is 5.12. The third kappa shape index (κ3) is 3.86. The van der Waals surface area contributed by atoms with Gasteiger partial charge in [0.25, 0.3) is 0 Å². The van der Waals surface area contributed by atoms with Crippen LogP contribution in [0.25, 0.3) is 0 Å². The number of hydrogen-bond acceptors (Lipinski definition) is 2. The van der Waals surface area contributed by atoms with Crippen molar-refractivity contribution in [3.8, 4) is 0 Å². The second kappa shape index (κ2) is 8.01. The Balaban J connectivity index is 2.22. The van der Waals surface area contributed by atoms with Crippen LogP contribution in [0.2, 0.25) is 0 Å². The van der Waals surface area contributed by atoms with E-state index in [0.29, 0.717) is 11.4 Å². The van der Waals surface area contributed by atoms with Gasteiger partial charge in [0.05, 0.1) is 0 Å². The smallest absolute Gasteiger partial charge is 0.199 e. The van der Waals surface area contributed by atoms with Crippen molar-refractivity contribution in [2.45, 2.75) is 41.5 Å². The summed E-state index contributed by atoms with van der Waals surface area (Å²) < 4.78 is 57.8. The maximum atomic E-state index is 14.8. The van der Waals surface area contributed by atoms with E-state index in [1.54, 1.807) is 27.7 Å². The zero-order valence-electron chi connectivity index (χ0n) is 17.8. The number of anilines is 4. The number of halogens is 4. The van der Waals surface area contributed by atoms with Gasteiger partial charge in [0.2, 0.25) is 0 Å². The van der Waals surface area contributed by atoms with Crippen LogP contribution < -0.4 is 10.6 Å². The molecule has 0 atom stereocenters. The summed E-state index contributed by atoms with van der Waals surface area (Å²) in [6.45, 7) is 11.0. The lowest BCUT2D eigenvalue weighted by atomic mass is 10.0. The van der Waals surface area contributed by atoms with Gasteiger partial charge in [-0.1, -0.05) is 35.4 Å². The zero-order valence-corrected chi connectivity index (χ0v) is 17.8. The molecule has 30 heavy (non-hydrogen) atoms. The Kier molecular flexibility index (Phi) is 5.79. The van der Waals surface area contributed by atoms with Crippen molar-refractivity contribution < 1.29 is 17.6 Å². The summed E-state index contributed by atoms with van der Waals surface area (Å²) in [5, 5.41) is 5.60. The van der Waals surface area contributed by atoms with Gasteiger partial charge < -0.3 is 10.6 Å². The van der Waals surface area contributed by atoms with E-state index in [2.05, 4.69) is 10.6 Å². The van der Waals surface area contributed by atoms with Crippen molar-refractivity contribution in [1.29, 1.82) is 0 Å². The number of aryl methyl sites for hydroxylation is 6. The van der Waals surface area contributed by atoms with Crippen LogP contribution in [0.5, 0.6) is 0 Å². The van der Waals surface area contributed by atoms with Crippen molar-refractivity contribution >= 4 is 22.7 Å². The average molecular weight is 416 g/mol. The molecule has 3 rings (SSSR count). The summed E-state index contributed by atoms with van der Waals surface area (Å²) in [6, 6.07) is 7.46. The second-order valence-electron chi connectivity index (χ2n) is 7.80. The van der Waals surface area contributed by atoms with Crippen LogP contribution in [0, 0.1) is 64.8 Å². The van der Waals surface area contributed by atoms with Gasteiger partial charge in [0, 0.05) is 11.4 Å². The molecule has 158 valence electrons. The third-order valence-corrected chi connectivity index (χ3v) is 5.12. The van der Waals surface area contributed by atoms with E-state index in [0.717, 1.165) is 33.4 Å². The molecule has 0 radical (unpaired) electrons. The molecule has 0 bridgehead atoms. The van der Waals surface area contributed by atoms with Gasteiger partial charge >= 0.3 is 0 Å². The first-order valence-electron chi connectivity index (χ1n) is 9.57. The van der Waals surface area contributed by atoms with E-state index < -0.39 is 34.6 Å². The summed E-state index contributed by atoms with van der Waals surface area (Å²) in [5.41, 5.74) is 5.11. The highest BCUT2D eigenvalue weighted by atomic mass is 19.2. The monoisotopic (exact) mass is 416 g/mol. The number of rotatable bonds is 4. The summed E-state index contributed by atoms with van der Waals surface area (Å²) >= 11 is 0. The van der Waals surface area contributed by atoms with Crippen molar-refractivity contribution in [2.75, 3.05) is 10.6 Å². The molecule has 3 aromatic carbocycles. The molecule has 2 nitrogen and oxygen atoms in total. The summed E-state index contributed by atoms with van der Waals surface area (Å²) in [4.78, 5) is 0. The Morgan fingerprint density at radius 1 is 0.433 bits per heavy atom. The molecular formula is C24H24F4N2. The summed E-state index contributed by atoms with van der Waals surface area (Å²) in [6.07, 6.45) is 0. The number of benzene rings is 3. The highest BCUT2D eigenvalue weighted by molar-refractivity contribution is 5.82. The topological polar surface area (TPSA) is 24.1 Å². The van der Waals surface area contributed by atoms with Gasteiger partial charge in [-0.2, -0.15) is 0 Å². The van der Waals surface area contributed by atoms with E-state index in [1.807, 2.05) is 38.1 Å². The fourth-order valence-corrected chi connectivity index (χ4v) is 3.87. The molecule has 0 saturated heterocycles. The molecule has 0 fully saturated rings. The molecule has 2 N–H and O–H groups in total. The predicted octanol–water partition coefficient (Wildman–Crippen LogP) is 7.58. The molecule has 0 spiro atoms.